The maximum absolute atomic E-state index is 12.1. The third-order valence-corrected chi connectivity index (χ3v) is 2.94. The molecule has 112 valence electrons. The van der Waals surface area contributed by atoms with Crippen LogP contribution in [0.1, 0.15) is 33.6 Å². The van der Waals surface area contributed by atoms with E-state index in [1.165, 1.54) is 4.90 Å². The van der Waals surface area contributed by atoms with E-state index in [4.69, 9.17) is 9.84 Å². The molecule has 1 aliphatic heterocycles. The predicted molar refractivity (Wildman–Crippen MR) is 71.9 cm³/mol. The van der Waals surface area contributed by atoms with Gasteiger partial charge in [0.05, 0.1) is 6.42 Å². The molecule has 1 fully saturated rings. The van der Waals surface area contributed by atoms with Crippen molar-refractivity contribution in [3.63, 3.8) is 0 Å². The molecule has 1 N–H and O–H groups in total. The summed E-state index contributed by atoms with van der Waals surface area (Å²) in [6.07, 6.45) is 1.44. The average Bonchev–Trinajstić information content (AvgIpc) is 2.64. The van der Waals surface area contributed by atoms with Gasteiger partial charge in [0.15, 0.2) is 0 Å². The highest BCUT2D eigenvalue weighted by Gasteiger charge is 2.39. The molecule has 0 bridgehead atoms. The van der Waals surface area contributed by atoms with Crippen molar-refractivity contribution in [3.05, 3.63) is 12.7 Å². The van der Waals surface area contributed by atoms with Crippen molar-refractivity contribution in [2.45, 2.75) is 45.3 Å². The monoisotopic (exact) mass is 283 g/mol. The van der Waals surface area contributed by atoms with E-state index in [1.54, 1.807) is 26.8 Å². The minimum Gasteiger partial charge on any atom is -0.481 e. The fourth-order valence-corrected chi connectivity index (χ4v) is 2.08. The largest absolute Gasteiger partial charge is 0.481 e. The summed E-state index contributed by atoms with van der Waals surface area (Å²) in [5, 5.41) is 8.93. The summed E-state index contributed by atoms with van der Waals surface area (Å²) in [5.74, 6) is -2.12. The Morgan fingerprint density at radius 2 is 2.15 bits per heavy atom. The van der Waals surface area contributed by atoms with E-state index in [0.717, 1.165) is 0 Å². The van der Waals surface area contributed by atoms with Gasteiger partial charge in [-0.2, -0.15) is 0 Å². The zero-order valence-electron chi connectivity index (χ0n) is 12.1. The lowest BCUT2D eigenvalue weighted by atomic mass is 10.1. The van der Waals surface area contributed by atoms with Crippen LogP contribution in [0.15, 0.2) is 12.7 Å². The first-order chi connectivity index (χ1) is 9.14. The molecular formula is C14H21NO5. The van der Waals surface area contributed by atoms with E-state index >= 15 is 0 Å². The van der Waals surface area contributed by atoms with Crippen LogP contribution in [0.3, 0.4) is 0 Å². The molecule has 0 aromatic heterocycles. The highest BCUT2D eigenvalue weighted by molar-refractivity contribution is 5.89. The highest BCUT2D eigenvalue weighted by atomic mass is 16.6. The molecule has 1 aliphatic rings. The van der Waals surface area contributed by atoms with Crippen LogP contribution < -0.4 is 0 Å². The van der Waals surface area contributed by atoms with Crippen LogP contribution in [-0.2, 0) is 19.1 Å². The van der Waals surface area contributed by atoms with Gasteiger partial charge in [-0.3, -0.25) is 9.59 Å². The zero-order valence-corrected chi connectivity index (χ0v) is 12.1. The van der Waals surface area contributed by atoms with Crippen LogP contribution in [0.4, 0.5) is 0 Å². The second-order valence-electron chi connectivity index (χ2n) is 5.89. The quantitative estimate of drug-likeness (QED) is 0.605. The maximum Gasteiger partial charge on any atom is 0.329 e. The molecule has 6 nitrogen and oxygen atoms in total. The number of carbonyl (C=O) groups excluding carboxylic acids is 2. The first-order valence-corrected chi connectivity index (χ1v) is 6.50. The van der Waals surface area contributed by atoms with Crippen molar-refractivity contribution in [2.24, 2.45) is 5.92 Å². The van der Waals surface area contributed by atoms with Gasteiger partial charge in [-0.05, 0) is 20.8 Å². The number of nitrogens with zero attached hydrogens (tertiary/aromatic N) is 1. The van der Waals surface area contributed by atoms with Crippen LogP contribution >= 0.6 is 0 Å². The molecule has 0 radical (unpaired) electrons. The van der Waals surface area contributed by atoms with Crippen molar-refractivity contribution < 1.29 is 24.2 Å². The van der Waals surface area contributed by atoms with Crippen molar-refractivity contribution in [3.8, 4) is 0 Å². The molecule has 0 aromatic rings. The fraction of sp³-hybridized carbons (Fsp3) is 0.643. The van der Waals surface area contributed by atoms with Gasteiger partial charge in [0.25, 0.3) is 0 Å². The van der Waals surface area contributed by atoms with Gasteiger partial charge in [-0.25, -0.2) is 4.79 Å². The lowest BCUT2D eigenvalue weighted by Crippen LogP contribution is -2.46. The van der Waals surface area contributed by atoms with E-state index in [2.05, 4.69) is 6.58 Å². The van der Waals surface area contributed by atoms with Gasteiger partial charge < -0.3 is 14.7 Å². The summed E-state index contributed by atoms with van der Waals surface area (Å²) in [7, 11) is 0. The number of hydrogen-bond acceptors (Lipinski definition) is 4. The maximum atomic E-state index is 12.1. The highest BCUT2D eigenvalue weighted by Crippen LogP contribution is 2.24. The number of carbonyl (C=O) groups is 3. The van der Waals surface area contributed by atoms with Crippen LogP contribution in [0.2, 0.25) is 0 Å². The van der Waals surface area contributed by atoms with Gasteiger partial charge in [-0.15, -0.1) is 6.58 Å². The summed E-state index contributed by atoms with van der Waals surface area (Å²) in [6.45, 7) is 9.02. The molecule has 20 heavy (non-hydrogen) atoms. The van der Waals surface area contributed by atoms with Gasteiger partial charge in [0, 0.05) is 18.9 Å². The van der Waals surface area contributed by atoms with E-state index in [-0.39, 0.29) is 18.2 Å². The minimum absolute atomic E-state index is 0.0544. The molecule has 2 atom stereocenters. The lowest BCUT2D eigenvalue weighted by molar-refractivity contribution is -0.166. The van der Waals surface area contributed by atoms with Gasteiger partial charge in [0.1, 0.15) is 11.6 Å². The van der Waals surface area contributed by atoms with E-state index in [1.807, 2.05) is 0 Å². The van der Waals surface area contributed by atoms with Crippen LogP contribution in [-0.4, -0.2) is 46.0 Å². The standard InChI is InChI=1S/C14H21NO5/c1-5-9-6-11(16)15(8-9)10(7-12(17)18)13(19)20-14(2,3)4/h5,9-10H,1,6-8H2,2-4H3,(H,17,18)/t9?,10-/m0/s1. The molecule has 0 spiro atoms. The number of amides is 1. The van der Waals surface area contributed by atoms with Crippen LogP contribution in [0, 0.1) is 5.92 Å². The molecular weight excluding hydrogens is 262 g/mol. The number of likely N-dealkylation sites (tertiary alicyclic amines) is 1. The molecule has 1 saturated heterocycles. The van der Waals surface area contributed by atoms with Crippen molar-refractivity contribution in [2.75, 3.05) is 6.54 Å². The molecule has 1 heterocycles. The summed E-state index contributed by atoms with van der Waals surface area (Å²) < 4.78 is 5.21. The molecule has 0 aliphatic carbocycles. The number of rotatable bonds is 5. The number of hydrogen-bond donors (Lipinski definition) is 1. The van der Waals surface area contributed by atoms with Crippen molar-refractivity contribution in [1.82, 2.24) is 4.90 Å². The summed E-state index contributed by atoms with van der Waals surface area (Å²) in [4.78, 5) is 36.2. The third kappa shape index (κ3) is 4.36. The first kappa shape index (κ1) is 16.2. The van der Waals surface area contributed by atoms with Gasteiger partial charge in [0.2, 0.25) is 5.91 Å². The summed E-state index contributed by atoms with van der Waals surface area (Å²) in [5.41, 5.74) is -0.728. The van der Waals surface area contributed by atoms with Crippen LogP contribution in [0.25, 0.3) is 0 Å². The number of carboxylic acid groups (broad SMARTS) is 1. The second-order valence-corrected chi connectivity index (χ2v) is 5.89. The summed E-state index contributed by atoms with van der Waals surface area (Å²) in [6, 6.07) is -1.08. The van der Waals surface area contributed by atoms with E-state index in [0.29, 0.717) is 6.54 Å². The third-order valence-electron chi connectivity index (χ3n) is 2.94. The van der Waals surface area contributed by atoms with Gasteiger partial charge >= 0.3 is 11.9 Å². The number of ether oxygens (including phenoxy) is 1. The zero-order chi connectivity index (χ0) is 15.5. The number of esters is 1. The smallest absolute Gasteiger partial charge is 0.329 e. The Balaban J connectivity index is 2.89. The normalized spacial score (nSPS) is 20.6. The molecule has 0 saturated carbocycles. The Bertz CT molecular complexity index is 424. The lowest BCUT2D eigenvalue weighted by Gasteiger charge is -2.29. The number of aliphatic carboxylic acids is 1. The predicted octanol–water partition coefficient (Wildman–Crippen LogP) is 1.21. The van der Waals surface area contributed by atoms with E-state index in [9.17, 15) is 14.4 Å². The molecule has 1 unspecified atom stereocenters. The van der Waals surface area contributed by atoms with Gasteiger partial charge in [-0.1, -0.05) is 6.08 Å². The minimum atomic E-state index is -1.14. The van der Waals surface area contributed by atoms with E-state index < -0.39 is 30.0 Å². The summed E-state index contributed by atoms with van der Waals surface area (Å²) >= 11 is 0. The molecule has 0 aromatic carbocycles. The SMILES string of the molecule is C=CC1CC(=O)N([C@@H](CC(=O)O)C(=O)OC(C)(C)C)C1. The Morgan fingerprint density at radius 1 is 1.55 bits per heavy atom. The molecule has 1 amide bonds. The molecule has 6 heteroatoms. The second kappa shape index (κ2) is 6.07. The van der Waals surface area contributed by atoms with Crippen molar-refractivity contribution in [1.29, 1.82) is 0 Å². The average molecular weight is 283 g/mol. The fourth-order valence-electron chi connectivity index (χ4n) is 2.08. The Morgan fingerprint density at radius 3 is 2.55 bits per heavy atom. The topological polar surface area (TPSA) is 83.9 Å². The van der Waals surface area contributed by atoms with Crippen LogP contribution in [0.5, 0.6) is 0 Å². The number of carboxylic acids is 1. The Labute approximate surface area is 118 Å². The Hall–Kier alpha value is -1.85. The Kier molecular flexibility index (Phi) is 4.92. The molecule has 1 rings (SSSR count). The van der Waals surface area contributed by atoms with Crippen molar-refractivity contribution >= 4 is 17.8 Å². The first-order valence-electron chi connectivity index (χ1n) is 6.50.